The molecule has 1 amide bonds. The van der Waals surface area contributed by atoms with Gasteiger partial charge in [-0.05, 0) is 18.6 Å². The highest BCUT2D eigenvalue weighted by atomic mass is 79.9. The molecule has 16 heavy (non-hydrogen) atoms. The Morgan fingerprint density at radius 3 is 2.81 bits per heavy atom. The summed E-state index contributed by atoms with van der Waals surface area (Å²) in [6, 6.07) is 8.26. The summed E-state index contributed by atoms with van der Waals surface area (Å²) in [6.45, 7) is 0.673. The molecule has 0 aliphatic carbocycles. The van der Waals surface area contributed by atoms with Gasteiger partial charge in [0.15, 0.2) is 6.23 Å². The largest absolute Gasteiger partial charge is 0.352 e. The molecule has 0 saturated carbocycles. The minimum Gasteiger partial charge on any atom is -0.352 e. The first-order valence-electron chi connectivity index (χ1n) is 5.44. The zero-order chi connectivity index (χ0) is 11.1. The molecule has 2 heterocycles. The highest BCUT2D eigenvalue weighted by Crippen LogP contribution is 2.37. The molecule has 0 unspecified atom stereocenters. The van der Waals surface area contributed by atoms with Crippen LogP contribution in [-0.4, -0.2) is 23.5 Å². The molecule has 2 fully saturated rings. The summed E-state index contributed by atoms with van der Waals surface area (Å²) in [5, 5.41) is 0. The number of ether oxygens (including phenoxy) is 1. The second-order valence-electron chi connectivity index (χ2n) is 4.23. The molecule has 1 aromatic carbocycles. The van der Waals surface area contributed by atoms with E-state index < -0.39 is 0 Å². The van der Waals surface area contributed by atoms with Crippen molar-refractivity contribution in [1.82, 2.24) is 4.90 Å². The van der Waals surface area contributed by atoms with Gasteiger partial charge in [-0.15, -0.1) is 0 Å². The molecule has 0 radical (unpaired) electrons. The first kappa shape index (κ1) is 10.3. The van der Waals surface area contributed by atoms with Crippen LogP contribution in [0.3, 0.4) is 0 Å². The third kappa shape index (κ3) is 1.57. The maximum atomic E-state index is 11.7. The highest BCUT2D eigenvalue weighted by Gasteiger charge is 2.42. The van der Waals surface area contributed by atoms with E-state index >= 15 is 0 Å². The fourth-order valence-corrected chi connectivity index (χ4v) is 2.68. The van der Waals surface area contributed by atoms with Crippen molar-refractivity contribution in [3.05, 3.63) is 34.3 Å². The summed E-state index contributed by atoms with van der Waals surface area (Å²) in [7, 11) is 0. The summed E-state index contributed by atoms with van der Waals surface area (Å²) in [5.74, 6) is 0.218. The van der Waals surface area contributed by atoms with Crippen molar-refractivity contribution in [2.24, 2.45) is 0 Å². The number of nitrogens with zero attached hydrogens (tertiary/aromatic N) is 1. The number of rotatable bonds is 1. The lowest BCUT2D eigenvalue weighted by atomic mass is 10.2. The number of amides is 1. The summed E-state index contributed by atoms with van der Waals surface area (Å²) in [5.41, 5.74) is 1.06. The van der Waals surface area contributed by atoms with Crippen LogP contribution in [0.1, 0.15) is 24.6 Å². The molecule has 84 valence electrons. The van der Waals surface area contributed by atoms with Gasteiger partial charge in [-0.2, -0.15) is 0 Å². The van der Waals surface area contributed by atoms with Crippen LogP contribution in [0.15, 0.2) is 28.7 Å². The first-order valence-corrected chi connectivity index (χ1v) is 6.23. The Kier molecular flexibility index (Phi) is 2.48. The molecule has 0 spiro atoms. The zero-order valence-corrected chi connectivity index (χ0v) is 10.3. The number of fused-ring (bicyclic) bond motifs is 1. The Bertz CT molecular complexity index is 418. The Morgan fingerprint density at radius 2 is 2.06 bits per heavy atom. The van der Waals surface area contributed by atoms with Gasteiger partial charge in [-0.3, -0.25) is 4.79 Å². The van der Waals surface area contributed by atoms with Crippen molar-refractivity contribution in [3.63, 3.8) is 0 Å². The fourth-order valence-electron chi connectivity index (χ4n) is 2.41. The molecule has 2 atom stereocenters. The van der Waals surface area contributed by atoms with Crippen molar-refractivity contribution < 1.29 is 9.53 Å². The molecule has 0 N–H and O–H groups in total. The molecule has 0 aromatic heterocycles. The lowest BCUT2D eigenvalue weighted by Crippen LogP contribution is -2.30. The van der Waals surface area contributed by atoms with Crippen molar-refractivity contribution >= 4 is 21.8 Å². The van der Waals surface area contributed by atoms with Crippen LogP contribution in [0.4, 0.5) is 0 Å². The van der Waals surface area contributed by atoms with Gasteiger partial charge in [0.2, 0.25) is 5.91 Å². The molecule has 2 saturated heterocycles. The Balaban J connectivity index is 1.90. The fraction of sp³-hybridized carbons (Fsp3) is 0.417. The average molecular weight is 282 g/mol. The normalized spacial score (nSPS) is 28.6. The van der Waals surface area contributed by atoms with Crippen LogP contribution < -0.4 is 0 Å². The Hall–Kier alpha value is -0.870. The molecule has 4 heteroatoms. The first-order chi connectivity index (χ1) is 7.75. The monoisotopic (exact) mass is 281 g/mol. The second kappa shape index (κ2) is 3.86. The van der Waals surface area contributed by atoms with Crippen LogP contribution in [0.2, 0.25) is 0 Å². The maximum absolute atomic E-state index is 11.7. The predicted molar refractivity (Wildman–Crippen MR) is 62.7 cm³/mol. The molecule has 0 bridgehead atoms. The van der Waals surface area contributed by atoms with Crippen LogP contribution >= 0.6 is 15.9 Å². The van der Waals surface area contributed by atoms with Gasteiger partial charge >= 0.3 is 0 Å². The number of benzene rings is 1. The van der Waals surface area contributed by atoms with Crippen LogP contribution in [-0.2, 0) is 9.53 Å². The van der Waals surface area contributed by atoms with Gasteiger partial charge in [0.25, 0.3) is 0 Å². The van der Waals surface area contributed by atoms with Crippen LogP contribution in [0.25, 0.3) is 0 Å². The number of halogens is 1. The third-order valence-electron chi connectivity index (χ3n) is 3.23. The molecular weight excluding hydrogens is 270 g/mol. The lowest BCUT2D eigenvalue weighted by Gasteiger charge is -2.22. The number of hydrogen-bond acceptors (Lipinski definition) is 2. The van der Waals surface area contributed by atoms with Crippen molar-refractivity contribution in [2.75, 3.05) is 6.61 Å². The van der Waals surface area contributed by atoms with Gasteiger partial charge in [0.05, 0.1) is 12.6 Å². The zero-order valence-electron chi connectivity index (χ0n) is 8.73. The highest BCUT2D eigenvalue weighted by molar-refractivity contribution is 9.10. The van der Waals surface area contributed by atoms with Gasteiger partial charge in [-0.25, -0.2) is 0 Å². The van der Waals surface area contributed by atoms with E-state index in [9.17, 15) is 4.79 Å². The van der Waals surface area contributed by atoms with E-state index in [2.05, 4.69) is 15.9 Å². The van der Waals surface area contributed by atoms with E-state index in [0.29, 0.717) is 19.1 Å². The quantitative estimate of drug-likeness (QED) is 0.792. The predicted octanol–water partition coefficient (Wildman–Crippen LogP) is 2.47. The van der Waals surface area contributed by atoms with Gasteiger partial charge < -0.3 is 9.64 Å². The summed E-state index contributed by atoms with van der Waals surface area (Å²) < 4.78 is 6.75. The smallest absolute Gasteiger partial charge is 0.225 e. The SMILES string of the molecule is O=C1CC[C@H]2CO[C@H](c3ccc(Br)cc3)N12. The molecule has 1 aromatic rings. The minimum absolute atomic E-state index is 0.173. The van der Waals surface area contributed by atoms with Crippen molar-refractivity contribution in [3.8, 4) is 0 Å². The third-order valence-corrected chi connectivity index (χ3v) is 3.76. The van der Waals surface area contributed by atoms with E-state index in [-0.39, 0.29) is 12.1 Å². The Morgan fingerprint density at radius 1 is 1.31 bits per heavy atom. The van der Waals surface area contributed by atoms with Gasteiger partial charge in [0, 0.05) is 16.5 Å². The summed E-state index contributed by atoms with van der Waals surface area (Å²) >= 11 is 3.40. The van der Waals surface area contributed by atoms with E-state index in [1.165, 1.54) is 0 Å². The molecule has 3 nitrogen and oxygen atoms in total. The lowest BCUT2D eigenvalue weighted by molar-refractivity contribution is -0.134. The van der Waals surface area contributed by atoms with Crippen LogP contribution in [0.5, 0.6) is 0 Å². The topological polar surface area (TPSA) is 29.5 Å². The molecule has 3 rings (SSSR count). The van der Waals surface area contributed by atoms with E-state index in [1.807, 2.05) is 29.2 Å². The maximum Gasteiger partial charge on any atom is 0.225 e. The van der Waals surface area contributed by atoms with E-state index in [0.717, 1.165) is 16.5 Å². The number of hydrogen-bond donors (Lipinski definition) is 0. The number of carbonyl (C=O) groups is 1. The van der Waals surface area contributed by atoms with Gasteiger partial charge in [-0.1, -0.05) is 28.1 Å². The van der Waals surface area contributed by atoms with E-state index in [4.69, 9.17) is 4.74 Å². The molecular formula is C12H12BrNO2. The summed E-state index contributed by atoms with van der Waals surface area (Å²) in [4.78, 5) is 13.6. The average Bonchev–Trinajstić information content (AvgIpc) is 2.84. The molecule has 2 aliphatic heterocycles. The van der Waals surface area contributed by atoms with Crippen molar-refractivity contribution in [1.29, 1.82) is 0 Å². The van der Waals surface area contributed by atoms with E-state index in [1.54, 1.807) is 0 Å². The standard InChI is InChI=1S/C12H12BrNO2/c13-9-3-1-8(2-4-9)12-14-10(7-16-12)5-6-11(14)15/h1-4,10,12H,5-7H2/t10-,12+/m0/s1. The Labute approximate surface area is 103 Å². The van der Waals surface area contributed by atoms with Crippen LogP contribution in [0, 0.1) is 0 Å². The minimum atomic E-state index is -0.173. The summed E-state index contributed by atoms with van der Waals surface area (Å²) in [6.07, 6.45) is 1.43. The van der Waals surface area contributed by atoms with Gasteiger partial charge in [0.1, 0.15) is 0 Å². The second-order valence-corrected chi connectivity index (χ2v) is 5.15. The molecule has 2 aliphatic rings. The number of carbonyl (C=O) groups excluding carboxylic acids is 1. The van der Waals surface area contributed by atoms with Crippen molar-refractivity contribution in [2.45, 2.75) is 25.1 Å².